The minimum absolute atomic E-state index is 0.283. The van der Waals surface area contributed by atoms with Gasteiger partial charge in [0.2, 0.25) is 10.0 Å². The van der Waals surface area contributed by atoms with Gasteiger partial charge in [0.05, 0.1) is 6.07 Å². The summed E-state index contributed by atoms with van der Waals surface area (Å²) in [5.41, 5.74) is 0. The summed E-state index contributed by atoms with van der Waals surface area (Å²) in [6, 6.07) is 2.15. The third kappa shape index (κ3) is 3.18. The molecule has 0 spiro atoms. The highest BCUT2D eigenvalue weighted by Crippen LogP contribution is 2.18. The SMILES string of the molecule is CCC(C#N)S(=O)(=O)N(C)CC1CCCN1C. The van der Waals surface area contributed by atoms with Crippen LogP contribution in [0.3, 0.4) is 0 Å². The van der Waals surface area contributed by atoms with Crippen molar-refractivity contribution in [3.8, 4) is 6.07 Å². The molecular weight excluding hydrogens is 238 g/mol. The molecule has 0 aliphatic carbocycles. The van der Waals surface area contributed by atoms with Gasteiger partial charge in [-0.25, -0.2) is 12.7 Å². The molecule has 1 heterocycles. The van der Waals surface area contributed by atoms with Gasteiger partial charge in [-0.2, -0.15) is 5.26 Å². The predicted molar refractivity (Wildman–Crippen MR) is 66.9 cm³/mol. The van der Waals surface area contributed by atoms with Gasteiger partial charge in [-0.3, -0.25) is 0 Å². The number of hydrogen-bond acceptors (Lipinski definition) is 4. The van der Waals surface area contributed by atoms with Crippen LogP contribution in [-0.2, 0) is 10.0 Å². The molecule has 1 fully saturated rings. The number of rotatable bonds is 5. The lowest BCUT2D eigenvalue weighted by Gasteiger charge is -2.26. The normalized spacial score (nSPS) is 23.8. The van der Waals surface area contributed by atoms with Gasteiger partial charge in [-0.05, 0) is 32.9 Å². The first-order valence-electron chi connectivity index (χ1n) is 5.98. The molecule has 0 saturated carbocycles. The summed E-state index contributed by atoms with van der Waals surface area (Å²) < 4.78 is 25.5. The van der Waals surface area contributed by atoms with Crippen molar-refractivity contribution >= 4 is 10.0 Å². The van der Waals surface area contributed by atoms with Crippen molar-refractivity contribution in [2.75, 3.05) is 27.2 Å². The molecule has 1 rings (SSSR count). The monoisotopic (exact) mass is 259 g/mol. The average Bonchev–Trinajstić information content (AvgIpc) is 2.65. The van der Waals surface area contributed by atoms with Crippen molar-refractivity contribution in [1.82, 2.24) is 9.21 Å². The molecule has 1 aliphatic heterocycles. The van der Waals surface area contributed by atoms with Gasteiger partial charge in [0.1, 0.15) is 0 Å². The Morgan fingerprint density at radius 3 is 2.65 bits per heavy atom. The molecule has 0 N–H and O–H groups in total. The van der Waals surface area contributed by atoms with Crippen LogP contribution in [0, 0.1) is 11.3 Å². The fraction of sp³-hybridized carbons (Fsp3) is 0.909. The number of nitriles is 1. The van der Waals surface area contributed by atoms with Gasteiger partial charge < -0.3 is 4.90 Å². The molecule has 6 heteroatoms. The highest BCUT2D eigenvalue weighted by Gasteiger charge is 2.31. The fourth-order valence-electron chi connectivity index (χ4n) is 2.20. The molecule has 0 bridgehead atoms. The molecule has 1 aliphatic rings. The third-order valence-electron chi connectivity index (χ3n) is 3.45. The topological polar surface area (TPSA) is 64.4 Å². The standard InChI is InChI=1S/C11H21N3O2S/c1-4-11(8-12)17(15,16)14(3)9-10-6-5-7-13(10)2/h10-11H,4-7,9H2,1-3H3. The lowest BCUT2D eigenvalue weighted by atomic mass is 10.2. The molecule has 0 aromatic heterocycles. The van der Waals surface area contributed by atoms with Gasteiger partial charge in [-0.15, -0.1) is 0 Å². The first-order valence-corrected chi connectivity index (χ1v) is 7.48. The summed E-state index contributed by atoms with van der Waals surface area (Å²) in [6.45, 7) is 3.23. The fourth-order valence-corrected chi connectivity index (χ4v) is 3.57. The van der Waals surface area contributed by atoms with Crippen LogP contribution in [0.1, 0.15) is 26.2 Å². The largest absolute Gasteiger partial charge is 0.302 e. The molecule has 98 valence electrons. The molecule has 0 aromatic carbocycles. The van der Waals surface area contributed by atoms with E-state index in [1.807, 2.05) is 13.1 Å². The first kappa shape index (κ1) is 14.4. The lowest BCUT2D eigenvalue weighted by molar-refractivity contribution is 0.270. The molecule has 2 unspecified atom stereocenters. The Kier molecular flexibility index (Phi) is 4.92. The number of likely N-dealkylation sites (tertiary alicyclic amines) is 1. The zero-order chi connectivity index (χ0) is 13.1. The van der Waals surface area contributed by atoms with Crippen molar-refractivity contribution in [3.05, 3.63) is 0 Å². The van der Waals surface area contributed by atoms with Gasteiger partial charge >= 0.3 is 0 Å². The lowest BCUT2D eigenvalue weighted by Crippen LogP contribution is -2.42. The summed E-state index contributed by atoms with van der Waals surface area (Å²) in [5, 5.41) is 7.94. The zero-order valence-corrected chi connectivity index (χ0v) is 11.6. The van der Waals surface area contributed by atoms with E-state index in [0.29, 0.717) is 13.0 Å². The van der Waals surface area contributed by atoms with Crippen molar-refractivity contribution in [1.29, 1.82) is 5.26 Å². The van der Waals surface area contributed by atoms with E-state index in [1.54, 1.807) is 14.0 Å². The van der Waals surface area contributed by atoms with Crippen molar-refractivity contribution in [2.24, 2.45) is 0 Å². The number of nitrogens with zero attached hydrogens (tertiary/aromatic N) is 3. The van der Waals surface area contributed by atoms with E-state index in [1.165, 1.54) is 4.31 Å². The molecule has 5 nitrogen and oxygen atoms in total. The van der Waals surface area contributed by atoms with Gasteiger partial charge in [0.15, 0.2) is 5.25 Å². The van der Waals surface area contributed by atoms with E-state index in [0.717, 1.165) is 19.4 Å². The first-order chi connectivity index (χ1) is 7.93. The molecular formula is C11H21N3O2S. The molecule has 2 atom stereocenters. The van der Waals surface area contributed by atoms with E-state index in [-0.39, 0.29) is 6.04 Å². The summed E-state index contributed by atoms with van der Waals surface area (Å²) >= 11 is 0. The maximum atomic E-state index is 12.1. The Balaban J connectivity index is 2.69. The van der Waals surface area contributed by atoms with Crippen molar-refractivity contribution in [2.45, 2.75) is 37.5 Å². The van der Waals surface area contributed by atoms with Gasteiger partial charge in [0.25, 0.3) is 0 Å². The third-order valence-corrected chi connectivity index (χ3v) is 5.62. The van der Waals surface area contributed by atoms with Crippen molar-refractivity contribution < 1.29 is 8.42 Å². The second-order valence-electron chi connectivity index (χ2n) is 4.63. The van der Waals surface area contributed by atoms with Gasteiger partial charge in [-0.1, -0.05) is 6.92 Å². The molecule has 17 heavy (non-hydrogen) atoms. The van der Waals surface area contributed by atoms with Crippen LogP contribution >= 0.6 is 0 Å². The quantitative estimate of drug-likeness (QED) is 0.727. The molecule has 0 amide bonds. The minimum Gasteiger partial charge on any atom is -0.302 e. The Morgan fingerprint density at radius 1 is 1.59 bits per heavy atom. The van der Waals surface area contributed by atoms with E-state index in [2.05, 4.69) is 4.90 Å². The average molecular weight is 259 g/mol. The van der Waals surface area contributed by atoms with Crippen LogP contribution in [0.5, 0.6) is 0 Å². The van der Waals surface area contributed by atoms with Crippen LogP contribution in [0.15, 0.2) is 0 Å². The van der Waals surface area contributed by atoms with E-state index < -0.39 is 15.3 Å². The number of likely N-dealkylation sites (N-methyl/N-ethyl adjacent to an activating group) is 2. The summed E-state index contributed by atoms with van der Waals surface area (Å²) in [5.74, 6) is 0. The highest BCUT2D eigenvalue weighted by molar-refractivity contribution is 7.89. The Hall–Kier alpha value is -0.640. The molecule has 0 aromatic rings. The number of hydrogen-bond donors (Lipinski definition) is 0. The maximum Gasteiger partial charge on any atom is 0.230 e. The Morgan fingerprint density at radius 2 is 2.24 bits per heavy atom. The van der Waals surface area contributed by atoms with Crippen LogP contribution in [-0.4, -0.2) is 56.1 Å². The van der Waals surface area contributed by atoms with Crippen LogP contribution in [0.4, 0.5) is 0 Å². The summed E-state index contributed by atoms with van der Waals surface area (Å²) in [4.78, 5) is 2.18. The molecule has 0 radical (unpaired) electrons. The van der Waals surface area contributed by atoms with Gasteiger partial charge in [0, 0.05) is 19.6 Å². The maximum absolute atomic E-state index is 12.1. The smallest absolute Gasteiger partial charge is 0.230 e. The predicted octanol–water partition coefficient (Wildman–Crippen LogP) is 0.644. The summed E-state index contributed by atoms with van der Waals surface area (Å²) in [6.07, 6.45) is 2.48. The summed E-state index contributed by atoms with van der Waals surface area (Å²) in [7, 11) is 0.118. The van der Waals surface area contributed by atoms with Crippen LogP contribution < -0.4 is 0 Å². The zero-order valence-electron chi connectivity index (χ0n) is 10.8. The Bertz CT molecular complexity index is 388. The minimum atomic E-state index is -3.47. The highest BCUT2D eigenvalue weighted by atomic mass is 32.2. The second-order valence-corrected chi connectivity index (χ2v) is 6.85. The van der Waals surface area contributed by atoms with E-state index in [9.17, 15) is 8.42 Å². The van der Waals surface area contributed by atoms with E-state index >= 15 is 0 Å². The van der Waals surface area contributed by atoms with Crippen LogP contribution in [0.2, 0.25) is 0 Å². The molecule has 1 saturated heterocycles. The second kappa shape index (κ2) is 5.80. The van der Waals surface area contributed by atoms with Crippen molar-refractivity contribution in [3.63, 3.8) is 0 Å². The number of sulfonamides is 1. The van der Waals surface area contributed by atoms with E-state index in [4.69, 9.17) is 5.26 Å². The Labute approximate surface area is 104 Å². The van der Waals surface area contributed by atoms with Crippen LogP contribution in [0.25, 0.3) is 0 Å².